The van der Waals surface area contributed by atoms with Gasteiger partial charge in [0.1, 0.15) is 11.3 Å². The fourth-order valence-corrected chi connectivity index (χ4v) is 3.90. The van der Waals surface area contributed by atoms with Crippen LogP contribution in [0.3, 0.4) is 0 Å². The Kier molecular flexibility index (Phi) is 6.25. The molecule has 0 atom stereocenters. The van der Waals surface area contributed by atoms with Crippen LogP contribution in [0.5, 0.6) is 5.75 Å². The second kappa shape index (κ2) is 8.52. The smallest absolute Gasteiger partial charge is 0.244 e. The van der Waals surface area contributed by atoms with Crippen molar-refractivity contribution in [1.82, 2.24) is 5.32 Å². The molecule has 1 N–H and O–H groups in total. The minimum Gasteiger partial charge on any atom is -0.496 e. The summed E-state index contributed by atoms with van der Waals surface area (Å²) in [5.41, 5.74) is 4.86. The van der Waals surface area contributed by atoms with Crippen LogP contribution in [-0.2, 0) is 4.79 Å². The molecule has 0 aliphatic rings. The van der Waals surface area contributed by atoms with E-state index in [1.165, 1.54) is 0 Å². The molecule has 0 spiro atoms. The zero-order valence-electron chi connectivity index (χ0n) is 17.0. The van der Waals surface area contributed by atoms with Crippen molar-refractivity contribution in [3.63, 3.8) is 0 Å². The predicted octanol–water partition coefficient (Wildman–Crippen LogP) is 6.65. The molecule has 1 amide bonds. The van der Waals surface area contributed by atoms with Crippen molar-refractivity contribution < 1.29 is 13.9 Å². The van der Waals surface area contributed by atoms with Crippen molar-refractivity contribution in [2.75, 3.05) is 7.11 Å². The number of benzene rings is 2. The van der Waals surface area contributed by atoms with Gasteiger partial charge < -0.3 is 14.5 Å². The fraction of sp³-hybridized carbons (Fsp3) is 0.261. The molecule has 1 heterocycles. The summed E-state index contributed by atoms with van der Waals surface area (Å²) in [7, 11) is 1.61. The largest absolute Gasteiger partial charge is 0.496 e. The van der Waals surface area contributed by atoms with E-state index in [0.717, 1.165) is 33.2 Å². The Bertz CT molecular complexity index is 1110. The van der Waals surface area contributed by atoms with E-state index in [1.807, 2.05) is 39.8 Å². The van der Waals surface area contributed by atoms with Crippen molar-refractivity contribution in [2.45, 2.75) is 33.7 Å². The van der Waals surface area contributed by atoms with Gasteiger partial charge in [-0.05, 0) is 51.5 Å². The van der Waals surface area contributed by atoms with Gasteiger partial charge >= 0.3 is 0 Å². The third-order valence-electron chi connectivity index (χ3n) is 4.67. The maximum atomic E-state index is 12.2. The van der Waals surface area contributed by atoms with Crippen LogP contribution in [-0.4, -0.2) is 19.1 Å². The highest BCUT2D eigenvalue weighted by molar-refractivity contribution is 6.36. The molecule has 3 aromatic rings. The number of hydrogen-bond donors (Lipinski definition) is 1. The molecule has 0 unspecified atom stereocenters. The average Bonchev–Trinajstić information content (AvgIpc) is 3.05. The van der Waals surface area contributed by atoms with Gasteiger partial charge in [0.25, 0.3) is 0 Å². The Balaban J connectivity index is 2.21. The molecule has 0 saturated carbocycles. The van der Waals surface area contributed by atoms with Crippen molar-refractivity contribution in [3.05, 3.63) is 57.8 Å². The molecule has 0 aliphatic carbocycles. The number of aryl methyl sites for hydroxylation is 1. The van der Waals surface area contributed by atoms with Gasteiger partial charge in [0.15, 0.2) is 0 Å². The molecule has 3 rings (SSSR count). The number of halogens is 2. The fourth-order valence-electron chi connectivity index (χ4n) is 3.39. The molecule has 152 valence electrons. The molecular weight excluding hydrogens is 409 g/mol. The standard InChI is InChI=1S/C23H23Cl2NO3/c1-12(2)26-21(27)8-13(3)17-10-18-19(16-7-6-15(24)9-20(16)25)11-29-23(18)14(4)22(17)28-5/h6-12H,1-5H3,(H,26,27)/b13-8+. The summed E-state index contributed by atoms with van der Waals surface area (Å²) in [6.07, 6.45) is 3.26. The van der Waals surface area contributed by atoms with Crippen LogP contribution in [0.25, 0.3) is 27.7 Å². The Labute approximate surface area is 180 Å². The van der Waals surface area contributed by atoms with Gasteiger partial charge in [-0.1, -0.05) is 29.3 Å². The molecule has 0 radical (unpaired) electrons. The lowest BCUT2D eigenvalue weighted by Gasteiger charge is -2.14. The zero-order chi connectivity index (χ0) is 21.3. The second-order valence-electron chi connectivity index (χ2n) is 7.22. The Morgan fingerprint density at radius 3 is 2.55 bits per heavy atom. The van der Waals surface area contributed by atoms with Crippen LogP contribution in [0.2, 0.25) is 10.0 Å². The third-order valence-corrected chi connectivity index (χ3v) is 5.22. The Morgan fingerprint density at radius 1 is 1.21 bits per heavy atom. The second-order valence-corrected chi connectivity index (χ2v) is 8.07. The third kappa shape index (κ3) is 4.29. The number of fused-ring (bicyclic) bond motifs is 1. The first-order valence-electron chi connectivity index (χ1n) is 9.26. The number of carbonyl (C=O) groups excluding carboxylic acids is 1. The lowest BCUT2D eigenvalue weighted by molar-refractivity contribution is -0.116. The van der Waals surface area contributed by atoms with Gasteiger partial charge in [-0.3, -0.25) is 4.79 Å². The van der Waals surface area contributed by atoms with Gasteiger partial charge in [-0.15, -0.1) is 0 Å². The van der Waals surface area contributed by atoms with E-state index in [0.29, 0.717) is 21.4 Å². The van der Waals surface area contributed by atoms with Gasteiger partial charge in [-0.2, -0.15) is 0 Å². The first-order chi connectivity index (χ1) is 13.7. The van der Waals surface area contributed by atoms with E-state index in [1.54, 1.807) is 31.6 Å². The highest BCUT2D eigenvalue weighted by atomic mass is 35.5. The summed E-state index contributed by atoms with van der Waals surface area (Å²) in [4.78, 5) is 12.2. The molecule has 0 bridgehead atoms. The lowest BCUT2D eigenvalue weighted by atomic mass is 9.96. The normalized spacial score (nSPS) is 11.9. The quantitative estimate of drug-likeness (QED) is 0.459. The van der Waals surface area contributed by atoms with Crippen molar-refractivity contribution in [3.8, 4) is 16.9 Å². The van der Waals surface area contributed by atoms with E-state index in [4.69, 9.17) is 32.4 Å². The first-order valence-corrected chi connectivity index (χ1v) is 10.0. The molecule has 0 saturated heterocycles. The zero-order valence-corrected chi connectivity index (χ0v) is 18.5. The minimum absolute atomic E-state index is 0.0604. The summed E-state index contributed by atoms with van der Waals surface area (Å²) >= 11 is 12.5. The highest BCUT2D eigenvalue weighted by Crippen LogP contribution is 2.42. The van der Waals surface area contributed by atoms with E-state index < -0.39 is 0 Å². The predicted molar refractivity (Wildman–Crippen MR) is 120 cm³/mol. The van der Waals surface area contributed by atoms with Crippen molar-refractivity contribution in [1.29, 1.82) is 0 Å². The van der Waals surface area contributed by atoms with Crippen LogP contribution >= 0.6 is 23.2 Å². The number of methoxy groups -OCH3 is 1. The molecule has 4 nitrogen and oxygen atoms in total. The van der Waals surface area contributed by atoms with Crippen LogP contribution in [0.4, 0.5) is 0 Å². The number of ether oxygens (including phenoxy) is 1. The molecule has 1 aromatic heterocycles. The van der Waals surface area contributed by atoms with E-state index in [2.05, 4.69) is 5.32 Å². The number of allylic oxidation sites excluding steroid dienone is 1. The molecule has 0 fully saturated rings. The lowest BCUT2D eigenvalue weighted by Crippen LogP contribution is -2.28. The Morgan fingerprint density at radius 2 is 1.93 bits per heavy atom. The molecule has 29 heavy (non-hydrogen) atoms. The molecule has 6 heteroatoms. The Hall–Kier alpha value is -2.43. The van der Waals surface area contributed by atoms with E-state index in [9.17, 15) is 4.79 Å². The summed E-state index contributed by atoms with van der Waals surface area (Å²) in [6, 6.07) is 7.40. The van der Waals surface area contributed by atoms with Gasteiger partial charge in [0.05, 0.1) is 18.4 Å². The number of amides is 1. The SMILES string of the molecule is COc1c(/C(C)=C/C(=O)NC(C)C)cc2c(-c3ccc(Cl)cc3Cl)coc2c1C. The van der Waals surface area contributed by atoms with E-state index >= 15 is 0 Å². The van der Waals surface area contributed by atoms with Crippen LogP contribution in [0.15, 0.2) is 41.0 Å². The van der Waals surface area contributed by atoms with Crippen LogP contribution < -0.4 is 10.1 Å². The van der Waals surface area contributed by atoms with Gasteiger partial charge in [-0.25, -0.2) is 0 Å². The summed E-state index contributed by atoms with van der Waals surface area (Å²) in [5, 5.41) is 4.87. The topological polar surface area (TPSA) is 51.5 Å². The van der Waals surface area contributed by atoms with Crippen LogP contribution in [0, 0.1) is 6.92 Å². The van der Waals surface area contributed by atoms with Crippen LogP contribution in [0.1, 0.15) is 31.9 Å². The number of furan rings is 1. The monoisotopic (exact) mass is 431 g/mol. The molecule has 0 aliphatic heterocycles. The molecule has 2 aromatic carbocycles. The number of hydrogen-bond acceptors (Lipinski definition) is 3. The van der Waals surface area contributed by atoms with Gasteiger partial charge in [0, 0.05) is 44.8 Å². The first kappa shape index (κ1) is 21.3. The maximum absolute atomic E-state index is 12.2. The summed E-state index contributed by atoms with van der Waals surface area (Å²) in [6.45, 7) is 7.66. The number of rotatable bonds is 5. The summed E-state index contributed by atoms with van der Waals surface area (Å²) < 4.78 is 11.5. The number of nitrogens with one attached hydrogen (secondary N) is 1. The summed E-state index contributed by atoms with van der Waals surface area (Å²) in [5.74, 6) is 0.525. The van der Waals surface area contributed by atoms with Crippen molar-refractivity contribution in [2.24, 2.45) is 0 Å². The number of carbonyl (C=O) groups is 1. The average molecular weight is 432 g/mol. The molecular formula is C23H23Cl2NO3. The highest BCUT2D eigenvalue weighted by Gasteiger charge is 2.20. The maximum Gasteiger partial charge on any atom is 0.244 e. The van der Waals surface area contributed by atoms with E-state index in [-0.39, 0.29) is 11.9 Å². The minimum atomic E-state index is -0.148. The van der Waals surface area contributed by atoms with Crippen molar-refractivity contribution >= 4 is 45.7 Å². The van der Waals surface area contributed by atoms with Gasteiger partial charge in [0.2, 0.25) is 5.91 Å².